The molecule has 3 N–H and O–H groups in total. The number of fused-ring (bicyclic) bond motifs is 1. The van der Waals surface area contributed by atoms with Crippen molar-refractivity contribution in [2.75, 3.05) is 12.4 Å². The van der Waals surface area contributed by atoms with Crippen LogP contribution in [0.2, 0.25) is 0 Å². The number of nitrogens with zero attached hydrogens (tertiary/aromatic N) is 2. The van der Waals surface area contributed by atoms with Crippen LogP contribution in [0.5, 0.6) is 5.75 Å². The molecule has 0 aliphatic carbocycles. The van der Waals surface area contributed by atoms with Gasteiger partial charge in [0.05, 0.1) is 23.8 Å². The third-order valence-electron chi connectivity index (χ3n) is 5.28. The summed E-state index contributed by atoms with van der Waals surface area (Å²) >= 11 is 0. The summed E-state index contributed by atoms with van der Waals surface area (Å²) < 4.78 is 33.3. The lowest BCUT2D eigenvalue weighted by Crippen LogP contribution is -2.12. The first-order chi connectivity index (χ1) is 16.4. The Bertz CT molecular complexity index is 1390. The van der Waals surface area contributed by atoms with Gasteiger partial charge >= 0.3 is 0 Å². The first-order valence-electron chi connectivity index (χ1n) is 10.3. The van der Waals surface area contributed by atoms with Crippen LogP contribution in [0.4, 0.5) is 14.6 Å². The molecule has 1 amide bonds. The Morgan fingerprint density at radius 2 is 1.71 bits per heavy atom. The zero-order valence-corrected chi connectivity index (χ0v) is 18.1. The molecule has 4 rings (SSSR count). The second-order valence-electron chi connectivity index (χ2n) is 7.53. The van der Waals surface area contributed by atoms with E-state index in [4.69, 9.17) is 10.5 Å². The number of hydrogen-bond donors (Lipinski definition) is 2. The van der Waals surface area contributed by atoms with Crippen molar-refractivity contribution >= 4 is 28.4 Å². The fraction of sp³-hybridized carbons (Fsp3) is 0.120. The molecule has 34 heavy (non-hydrogen) atoms. The van der Waals surface area contributed by atoms with E-state index >= 15 is 0 Å². The molecule has 172 valence electrons. The Balaban J connectivity index is 1.52. The molecule has 3 aromatic carbocycles. The minimum Gasteiger partial charge on any atom is -0.497 e. The lowest BCUT2D eigenvalue weighted by Gasteiger charge is -2.11. The minimum absolute atomic E-state index is 0.000170. The molecule has 4 aromatic rings. The van der Waals surface area contributed by atoms with Crippen molar-refractivity contribution in [2.45, 2.75) is 13.0 Å². The molecule has 0 saturated heterocycles. The number of methoxy groups -OCH3 is 1. The normalized spacial score (nSPS) is 10.8. The van der Waals surface area contributed by atoms with E-state index in [1.165, 1.54) is 13.4 Å². The Labute approximate surface area is 193 Å². The number of carbonyl (C=O) groups is 2. The summed E-state index contributed by atoms with van der Waals surface area (Å²) in [5.74, 6) is -2.69. The monoisotopic (exact) mass is 462 g/mol. The highest BCUT2D eigenvalue weighted by molar-refractivity contribution is 6.06. The molecule has 0 aliphatic rings. The molecule has 0 bridgehead atoms. The second-order valence-corrected chi connectivity index (χ2v) is 7.53. The smallest absolute Gasteiger partial charge is 0.250 e. The molecule has 1 heterocycles. The van der Waals surface area contributed by atoms with Gasteiger partial charge in [0.25, 0.3) is 5.91 Å². The number of ketones is 1. The molecular formula is C25H20F2N4O3. The lowest BCUT2D eigenvalue weighted by atomic mass is 10.0. The van der Waals surface area contributed by atoms with E-state index in [0.29, 0.717) is 34.4 Å². The largest absolute Gasteiger partial charge is 0.497 e. The number of hydrogen-bond acceptors (Lipinski definition) is 6. The standard InChI is InChI=1S/C25H20F2N4O3/c1-34-16-10-19(26)22(20(27)11-16)21(32)9-14-4-2-5-15(8-14)12-29-25-18-7-3-6-17(24(28)33)23(18)30-13-31-25/h2-8,10-11,13H,9,12H2,1H3,(H2,28,33)(H,29,30,31). The van der Waals surface area contributed by atoms with Crippen LogP contribution < -0.4 is 15.8 Å². The highest BCUT2D eigenvalue weighted by Gasteiger charge is 2.19. The number of nitrogens with two attached hydrogens (primary N) is 1. The van der Waals surface area contributed by atoms with Crippen molar-refractivity contribution in [1.29, 1.82) is 0 Å². The predicted octanol–water partition coefficient (Wildman–Crippen LogP) is 4.05. The zero-order chi connectivity index (χ0) is 24.2. The first kappa shape index (κ1) is 22.8. The van der Waals surface area contributed by atoms with Gasteiger partial charge in [0.2, 0.25) is 0 Å². The molecule has 9 heteroatoms. The van der Waals surface area contributed by atoms with Crippen molar-refractivity contribution < 1.29 is 23.1 Å². The summed E-state index contributed by atoms with van der Waals surface area (Å²) in [6.07, 6.45) is 1.16. The maximum Gasteiger partial charge on any atom is 0.250 e. The van der Waals surface area contributed by atoms with E-state index in [1.54, 1.807) is 36.4 Å². The maximum atomic E-state index is 14.3. The van der Waals surface area contributed by atoms with Gasteiger partial charge in [-0.2, -0.15) is 0 Å². The fourth-order valence-corrected chi connectivity index (χ4v) is 3.67. The van der Waals surface area contributed by atoms with Crippen LogP contribution in [-0.4, -0.2) is 28.8 Å². The molecule has 0 radical (unpaired) electrons. The molecule has 0 aliphatic heterocycles. The summed E-state index contributed by atoms with van der Waals surface area (Å²) in [5, 5.41) is 3.83. The maximum absolute atomic E-state index is 14.3. The van der Waals surface area contributed by atoms with Gasteiger partial charge in [0.15, 0.2) is 5.78 Å². The number of benzene rings is 3. The molecule has 0 spiro atoms. The lowest BCUT2D eigenvalue weighted by molar-refractivity contribution is 0.0981. The van der Waals surface area contributed by atoms with Gasteiger partial charge in [-0.05, 0) is 23.3 Å². The number of rotatable bonds is 8. The number of halogens is 2. The van der Waals surface area contributed by atoms with Crippen molar-refractivity contribution in [3.8, 4) is 5.75 Å². The topological polar surface area (TPSA) is 107 Å². The van der Waals surface area contributed by atoms with Gasteiger partial charge in [-0.25, -0.2) is 18.7 Å². The van der Waals surface area contributed by atoms with Gasteiger partial charge in [0.1, 0.15) is 29.5 Å². The highest BCUT2D eigenvalue weighted by atomic mass is 19.1. The number of para-hydroxylation sites is 1. The van der Waals surface area contributed by atoms with Crippen LogP contribution in [0.3, 0.4) is 0 Å². The number of amides is 1. The number of Topliss-reactive ketones (excluding diaryl/α,β-unsaturated/α-hetero) is 1. The Morgan fingerprint density at radius 3 is 2.41 bits per heavy atom. The number of ether oxygens (including phenoxy) is 1. The van der Waals surface area contributed by atoms with Gasteiger partial charge < -0.3 is 15.8 Å². The number of carbonyl (C=O) groups excluding carboxylic acids is 2. The van der Waals surface area contributed by atoms with E-state index in [-0.39, 0.29) is 12.2 Å². The highest BCUT2D eigenvalue weighted by Crippen LogP contribution is 2.24. The van der Waals surface area contributed by atoms with Crippen LogP contribution in [-0.2, 0) is 13.0 Å². The van der Waals surface area contributed by atoms with Crippen LogP contribution in [0.25, 0.3) is 10.9 Å². The summed E-state index contributed by atoms with van der Waals surface area (Å²) in [5.41, 5.74) is 6.98. The SMILES string of the molecule is COc1cc(F)c(C(=O)Cc2cccc(CNc3ncnc4c(C(N)=O)cccc34)c2)c(F)c1. The Kier molecular flexibility index (Phi) is 6.44. The van der Waals surface area contributed by atoms with Crippen molar-refractivity contribution in [1.82, 2.24) is 9.97 Å². The Morgan fingerprint density at radius 1 is 1.00 bits per heavy atom. The van der Waals surface area contributed by atoms with E-state index in [1.807, 2.05) is 6.07 Å². The van der Waals surface area contributed by atoms with Crippen molar-refractivity contribution in [3.05, 3.63) is 94.8 Å². The van der Waals surface area contributed by atoms with Crippen molar-refractivity contribution in [3.63, 3.8) is 0 Å². The summed E-state index contributed by atoms with van der Waals surface area (Å²) in [7, 11) is 1.29. The van der Waals surface area contributed by atoms with Gasteiger partial charge in [-0.15, -0.1) is 0 Å². The summed E-state index contributed by atoms with van der Waals surface area (Å²) in [6, 6.07) is 14.1. The number of aromatic nitrogens is 2. The first-order valence-corrected chi connectivity index (χ1v) is 10.3. The van der Waals surface area contributed by atoms with Crippen LogP contribution in [0.1, 0.15) is 31.8 Å². The Hall–Kier alpha value is -4.40. The number of nitrogens with one attached hydrogen (secondary N) is 1. The van der Waals surface area contributed by atoms with Crippen LogP contribution >= 0.6 is 0 Å². The van der Waals surface area contributed by atoms with E-state index in [0.717, 1.165) is 17.7 Å². The number of anilines is 1. The third kappa shape index (κ3) is 4.68. The second kappa shape index (κ2) is 9.62. The average Bonchev–Trinajstić information content (AvgIpc) is 2.81. The fourth-order valence-electron chi connectivity index (χ4n) is 3.67. The predicted molar refractivity (Wildman–Crippen MR) is 123 cm³/mol. The van der Waals surface area contributed by atoms with Gasteiger partial charge in [0, 0.05) is 30.5 Å². The zero-order valence-electron chi connectivity index (χ0n) is 18.1. The average molecular weight is 462 g/mol. The van der Waals surface area contributed by atoms with E-state index in [2.05, 4.69) is 15.3 Å². The number of primary amides is 1. The van der Waals surface area contributed by atoms with Gasteiger partial charge in [-0.1, -0.05) is 30.3 Å². The van der Waals surface area contributed by atoms with E-state index < -0.39 is 28.9 Å². The molecular weight excluding hydrogens is 442 g/mol. The summed E-state index contributed by atoms with van der Waals surface area (Å²) in [6.45, 7) is 0.347. The summed E-state index contributed by atoms with van der Waals surface area (Å²) in [4.78, 5) is 32.7. The molecule has 7 nitrogen and oxygen atoms in total. The van der Waals surface area contributed by atoms with Crippen LogP contribution in [0, 0.1) is 11.6 Å². The quantitative estimate of drug-likeness (QED) is 0.383. The van der Waals surface area contributed by atoms with Crippen LogP contribution in [0.15, 0.2) is 60.9 Å². The minimum atomic E-state index is -0.967. The third-order valence-corrected chi connectivity index (χ3v) is 5.28. The van der Waals surface area contributed by atoms with E-state index in [9.17, 15) is 18.4 Å². The molecule has 0 saturated carbocycles. The molecule has 0 unspecified atom stereocenters. The molecule has 0 fully saturated rings. The molecule has 1 aromatic heterocycles. The molecule has 0 atom stereocenters. The van der Waals surface area contributed by atoms with Crippen molar-refractivity contribution in [2.24, 2.45) is 5.73 Å². The van der Waals surface area contributed by atoms with Gasteiger partial charge in [-0.3, -0.25) is 9.59 Å².